The van der Waals surface area contributed by atoms with Gasteiger partial charge >= 0.3 is 0 Å². The molecular weight excluding hydrogens is 334 g/mol. The van der Waals surface area contributed by atoms with E-state index in [-0.39, 0.29) is 11.2 Å². The minimum absolute atomic E-state index is 0.0602. The summed E-state index contributed by atoms with van der Waals surface area (Å²) in [4.78, 5) is 2.45. The van der Waals surface area contributed by atoms with Gasteiger partial charge in [0.15, 0.2) is 0 Å². The van der Waals surface area contributed by atoms with Crippen LogP contribution in [0, 0.1) is 0 Å². The second-order valence-electron chi connectivity index (χ2n) is 7.62. The SMILES string of the molecule is CC1N(CCCCCS(=O)(=O)O)c2ccc3ccccc3c2C1(C)C. The van der Waals surface area contributed by atoms with E-state index < -0.39 is 10.1 Å². The summed E-state index contributed by atoms with van der Waals surface area (Å²) in [5, 5.41) is 2.60. The lowest BCUT2D eigenvalue weighted by Crippen LogP contribution is -2.39. The lowest BCUT2D eigenvalue weighted by atomic mass is 9.79. The highest BCUT2D eigenvalue weighted by atomic mass is 32.2. The van der Waals surface area contributed by atoms with Crippen LogP contribution in [0.1, 0.15) is 45.6 Å². The van der Waals surface area contributed by atoms with Gasteiger partial charge < -0.3 is 4.90 Å². The maximum atomic E-state index is 10.8. The molecule has 25 heavy (non-hydrogen) atoms. The lowest BCUT2D eigenvalue weighted by molar-refractivity contribution is 0.439. The Labute approximate surface area is 150 Å². The first kappa shape index (κ1) is 18.2. The fourth-order valence-corrected chi connectivity index (χ4v) is 4.61. The first-order valence-corrected chi connectivity index (χ1v) is 10.6. The third-order valence-electron chi connectivity index (χ3n) is 5.67. The standard InChI is InChI=1S/C20H27NO3S/c1-15-20(2,3)19-17-10-6-5-9-16(17)11-12-18(19)21(15)13-7-4-8-14-25(22,23)24/h5-6,9-12,15H,4,7-8,13-14H2,1-3H3,(H,22,23,24). The van der Waals surface area contributed by atoms with Gasteiger partial charge in [-0.1, -0.05) is 50.6 Å². The van der Waals surface area contributed by atoms with E-state index in [2.05, 4.69) is 62.1 Å². The van der Waals surface area contributed by atoms with Crippen LogP contribution in [0.5, 0.6) is 0 Å². The molecule has 0 aliphatic carbocycles. The number of anilines is 1. The fourth-order valence-electron chi connectivity index (χ4n) is 4.04. The highest BCUT2D eigenvalue weighted by molar-refractivity contribution is 7.85. The maximum Gasteiger partial charge on any atom is 0.264 e. The van der Waals surface area contributed by atoms with Crippen LogP contribution < -0.4 is 4.90 Å². The number of fused-ring (bicyclic) bond motifs is 3. The predicted molar refractivity (Wildman–Crippen MR) is 104 cm³/mol. The van der Waals surface area contributed by atoms with E-state index in [1.165, 1.54) is 22.0 Å². The smallest absolute Gasteiger partial charge is 0.264 e. The molecule has 0 radical (unpaired) electrons. The van der Waals surface area contributed by atoms with Crippen LogP contribution >= 0.6 is 0 Å². The van der Waals surface area contributed by atoms with Crippen LogP contribution in [0.4, 0.5) is 5.69 Å². The maximum absolute atomic E-state index is 10.8. The molecule has 1 aliphatic heterocycles. The van der Waals surface area contributed by atoms with E-state index in [0.717, 1.165) is 19.4 Å². The normalized spacial score (nSPS) is 19.4. The number of unbranched alkanes of at least 4 members (excludes halogenated alkanes) is 2. The van der Waals surface area contributed by atoms with Crippen molar-refractivity contribution in [2.45, 2.75) is 51.5 Å². The van der Waals surface area contributed by atoms with Crippen LogP contribution in [-0.4, -0.2) is 31.3 Å². The lowest BCUT2D eigenvalue weighted by Gasteiger charge is -2.31. The zero-order valence-corrected chi connectivity index (χ0v) is 16.0. The Balaban J connectivity index is 1.80. The molecule has 1 unspecified atom stereocenters. The molecule has 1 atom stereocenters. The Kier molecular flexibility index (Phi) is 4.82. The topological polar surface area (TPSA) is 57.6 Å². The number of hydrogen-bond acceptors (Lipinski definition) is 3. The van der Waals surface area contributed by atoms with Crippen molar-refractivity contribution in [3.63, 3.8) is 0 Å². The van der Waals surface area contributed by atoms with Gasteiger partial charge in [0.25, 0.3) is 10.1 Å². The molecule has 0 fully saturated rings. The Morgan fingerprint density at radius 1 is 1.08 bits per heavy atom. The van der Waals surface area contributed by atoms with Crippen molar-refractivity contribution in [2.75, 3.05) is 17.2 Å². The molecule has 0 saturated carbocycles. The second kappa shape index (κ2) is 6.61. The molecule has 5 heteroatoms. The number of benzene rings is 2. The summed E-state index contributed by atoms with van der Waals surface area (Å²) in [6.45, 7) is 7.79. The summed E-state index contributed by atoms with van der Waals surface area (Å²) < 4.78 is 30.5. The van der Waals surface area contributed by atoms with Gasteiger partial charge in [0, 0.05) is 23.7 Å². The highest BCUT2D eigenvalue weighted by Gasteiger charge is 2.42. The zero-order chi connectivity index (χ0) is 18.2. The molecule has 0 aromatic heterocycles. The van der Waals surface area contributed by atoms with Crippen molar-refractivity contribution >= 4 is 26.6 Å². The monoisotopic (exact) mass is 361 g/mol. The third-order valence-corrected chi connectivity index (χ3v) is 6.48. The summed E-state index contributed by atoms with van der Waals surface area (Å²) in [6.07, 6.45) is 2.23. The first-order valence-electron chi connectivity index (χ1n) is 8.96. The summed E-state index contributed by atoms with van der Waals surface area (Å²) in [5.41, 5.74) is 2.77. The third kappa shape index (κ3) is 3.53. The van der Waals surface area contributed by atoms with Crippen LogP contribution in [0.15, 0.2) is 36.4 Å². The molecule has 4 nitrogen and oxygen atoms in total. The Bertz CT molecular complexity index is 874. The Morgan fingerprint density at radius 2 is 1.80 bits per heavy atom. The average molecular weight is 362 g/mol. The summed E-state index contributed by atoms with van der Waals surface area (Å²) in [5.74, 6) is -0.144. The molecular formula is C20H27NO3S. The van der Waals surface area contributed by atoms with Crippen LogP contribution in [0.25, 0.3) is 10.8 Å². The van der Waals surface area contributed by atoms with Gasteiger partial charge in [-0.25, -0.2) is 0 Å². The van der Waals surface area contributed by atoms with Gasteiger partial charge in [-0.3, -0.25) is 4.55 Å². The van der Waals surface area contributed by atoms with Gasteiger partial charge in [-0.05, 0) is 42.2 Å². The van der Waals surface area contributed by atoms with Gasteiger partial charge in [-0.15, -0.1) is 0 Å². The van der Waals surface area contributed by atoms with Crippen molar-refractivity contribution in [3.05, 3.63) is 42.0 Å². The molecule has 0 amide bonds. The molecule has 1 heterocycles. The zero-order valence-electron chi connectivity index (χ0n) is 15.2. The molecule has 2 aromatic rings. The minimum atomic E-state index is -3.84. The highest BCUT2D eigenvalue weighted by Crippen LogP contribution is 2.48. The molecule has 0 saturated heterocycles. The van der Waals surface area contributed by atoms with E-state index in [9.17, 15) is 8.42 Å². The predicted octanol–water partition coefficient (Wildman–Crippen LogP) is 4.38. The molecule has 0 bridgehead atoms. The summed E-state index contributed by atoms with van der Waals surface area (Å²) in [7, 11) is -3.84. The van der Waals surface area contributed by atoms with E-state index >= 15 is 0 Å². The van der Waals surface area contributed by atoms with Gasteiger partial charge in [-0.2, -0.15) is 8.42 Å². The second-order valence-corrected chi connectivity index (χ2v) is 9.19. The fraction of sp³-hybridized carbons (Fsp3) is 0.500. The van der Waals surface area contributed by atoms with E-state index in [4.69, 9.17) is 4.55 Å². The molecule has 1 aliphatic rings. The summed E-state index contributed by atoms with van der Waals surface area (Å²) >= 11 is 0. The van der Waals surface area contributed by atoms with E-state index in [1.807, 2.05) is 0 Å². The molecule has 2 aromatic carbocycles. The van der Waals surface area contributed by atoms with Gasteiger partial charge in [0.1, 0.15) is 0 Å². The van der Waals surface area contributed by atoms with Crippen molar-refractivity contribution in [3.8, 4) is 0 Å². The van der Waals surface area contributed by atoms with E-state index in [0.29, 0.717) is 12.5 Å². The Morgan fingerprint density at radius 3 is 2.52 bits per heavy atom. The number of rotatable bonds is 6. The van der Waals surface area contributed by atoms with E-state index in [1.54, 1.807) is 0 Å². The number of nitrogens with zero attached hydrogens (tertiary/aromatic N) is 1. The first-order chi connectivity index (χ1) is 11.7. The van der Waals surface area contributed by atoms with Gasteiger partial charge in [0.05, 0.1) is 5.75 Å². The van der Waals surface area contributed by atoms with Gasteiger partial charge in [0.2, 0.25) is 0 Å². The Hall–Kier alpha value is -1.59. The quantitative estimate of drug-likeness (QED) is 0.612. The van der Waals surface area contributed by atoms with Crippen LogP contribution in [-0.2, 0) is 15.5 Å². The molecule has 3 rings (SSSR count). The molecule has 136 valence electrons. The largest absolute Gasteiger partial charge is 0.368 e. The van der Waals surface area contributed by atoms with Crippen LogP contribution in [0.3, 0.4) is 0 Å². The van der Waals surface area contributed by atoms with Crippen molar-refractivity contribution < 1.29 is 13.0 Å². The van der Waals surface area contributed by atoms with Crippen molar-refractivity contribution in [1.29, 1.82) is 0 Å². The average Bonchev–Trinajstić information content (AvgIpc) is 2.74. The van der Waals surface area contributed by atoms with Crippen LogP contribution in [0.2, 0.25) is 0 Å². The molecule has 1 N–H and O–H groups in total. The minimum Gasteiger partial charge on any atom is -0.368 e. The van der Waals surface area contributed by atoms with Crippen molar-refractivity contribution in [2.24, 2.45) is 0 Å². The number of hydrogen-bond donors (Lipinski definition) is 1. The summed E-state index contributed by atoms with van der Waals surface area (Å²) in [6, 6.07) is 13.3. The molecule has 0 spiro atoms. The van der Waals surface area contributed by atoms with Crippen molar-refractivity contribution in [1.82, 2.24) is 0 Å².